The third-order valence-electron chi connectivity index (χ3n) is 4.98. The van der Waals surface area contributed by atoms with Gasteiger partial charge in [0, 0.05) is 12.1 Å². The molecule has 1 aliphatic heterocycles. The van der Waals surface area contributed by atoms with E-state index in [9.17, 15) is 4.79 Å². The topological polar surface area (TPSA) is 70.4 Å². The van der Waals surface area contributed by atoms with E-state index >= 15 is 0 Å². The molecule has 112 valence electrons. The molecule has 2 rings (SSSR count). The fraction of sp³-hybridized carbons (Fsp3) is 0.667. The molecule has 1 saturated carbocycles. The molecule has 0 bridgehead atoms. The lowest BCUT2D eigenvalue weighted by atomic mass is 9.68. The minimum atomic E-state index is -0.0537. The van der Waals surface area contributed by atoms with Crippen LogP contribution in [0, 0.1) is 0 Å². The largest absolute Gasteiger partial charge is 0.405 e. The zero-order valence-corrected chi connectivity index (χ0v) is 12.7. The maximum Gasteiger partial charge on any atom is 0.315 e. The second kappa shape index (κ2) is 5.48. The van der Waals surface area contributed by atoms with Gasteiger partial charge in [0.2, 0.25) is 0 Å². The number of likely N-dealkylation sites (N-methyl/N-ethyl adjacent to an activating group) is 1. The van der Waals surface area contributed by atoms with E-state index < -0.39 is 0 Å². The Balaban J connectivity index is 2.20. The lowest BCUT2D eigenvalue weighted by molar-refractivity contribution is 0.101. The van der Waals surface area contributed by atoms with Gasteiger partial charge < -0.3 is 16.4 Å². The van der Waals surface area contributed by atoms with Crippen LogP contribution in [0.1, 0.15) is 32.6 Å². The second-order valence-corrected chi connectivity index (χ2v) is 6.12. The predicted molar refractivity (Wildman–Crippen MR) is 81.2 cm³/mol. The van der Waals surface area contributed by atoms with E-state index in [1.54, 1.807) is 6.20 Å². The Labute approximate surface area is 121 Å². The lowest BCUT2D eigenvalue weighted by Crippen LogP contribution is -2.56. The summed E-state index contributed by atoms with van der Waals surface area (Å²) in [6, 6.07) is -0.0320. The highest BCUT2D eigenvalue weighted by atomic mass is 16.2. The van der Waals surface area contributed by atoms with Crippen molar-refractivity contribution in [2.24, 2.45) is 5.73 Å². The number of amides is 2. The third kappa shape index (κ3) is 2.42. The molecule has 2 aliphatic rings. The summed E-state index contributed by atoms with van der Waals surface area (Å²) in [6.45, 7) is 2.80. The molecule has 1 heterocycles. The molecular formula is C15H26N4O. The molecule has 2 amide bonds. The minimum Gasteiger partial charge on any atom is -0.405 e. The first-order valence-electron chi connectivity index (χ1n) is 7.26. The van der Waals surface area contributed by atoms with Gasteiger partial charge in [-0.15, -0.1) is 0 Å². The standard InChI is InChI=1S/C15H26N4O/c1-4-12(5-10-16)15(19(2)3)8-6-14(7-9-15)11-17-13(20)18-14/h4-5,10H,6-9,11,16H2,1-3H3,(H2,17,18,20)/b10-5-,12-4+. The Morgan fingerprint density at radius 3 is 2.35 bits per heavy atom. The van der Waals surface area contributed by atoms with Crippen molar-refractivity contribution in [3.8, 4) is 0 Å². The maximum atomic E-state index is 11.4. The summed E-state index contributed by atoms with van der Waals surface area (Å²) in [5.41, 5.74) is 6.82. The van der Waals surface area contributed by atoms with Crippen LogP contribution in [-0.4, -0.2) is 42.6 Å². The molecule has 0 radical (unpaired) electrons. The predicted octanol–water partition coefficient (Wildman–Crippen LogP) is 1.33. The van der Waals surface area contributed by atoms with Crippen LogP contribution in [0.5, 0.6) is 0 Å². The zero-order chi connectivity index (χ0) is 14.8. The number of urea groups is 1. The van der Waals surface area contributed by atoms with Crippen LogP contribution in [0.15, 0.2) is 23.9 Å². The first-order valence-corrected chi connectivity index (χ1v) is 7.26. The number of rotatable bonds is 3. The van der Waals surface area contributed by atoms with Crippen molar-refractivity contribution >= 4 is 6.03 Å². The Hall–Kier alpha value is -1.49. The minimum absolute atomic E-state index is 0.0171. The summed E-state index contributed by atoms with van der Waals surface area (Å²) >= 11 is 0. The second-order valence-electron chi connectivity index (χ2n) is 6.12. The molecule has 0 aromatic rings. The summed E-state index contributed by atoms with van der Waals surface area (Å²) in [7, 11) is 4.24. The van der Waals surface area contributed by atoms with E-state index in [-0.39, 0.29) is 17.1 Å². The van der Waals surface area contributed by atoms with Crippen molar-refractivity contribution in [3.05, 3.63) is 23.9 Å². The van der Waals surface area contributed by atoms with Crippen molar-refractivity contribution in [2.75, 3.05) is 20.6 Å². The van der Waals surface area contributed by atoms with Gasteiger partial charge in [-0.2, -0.15) is 0 Å². The summed E-state index contributed by atoms with van der Waals surface area (Å²) in [4.78, 5) is 13.7. The molecule has 1 saturated heterocycles. The number of hydrogen-bond acceptors (Lipinski definition) is 3. The van der Waals surface area contributed by atoms with Crippen molar-refractivity contribution in [2.45, 2.75) is 43.7 Å². The number of carbonyl (C=O) groups excluding carboxylic acids is 1. The summed E-state index contributed by atoms with van der Waals surface area (Å²) < 4.78 is 0. The van der Waals surface area contributed by atoms with E-state index in [4.69, 9.17) is 5.73 Å². The van der Waals surface area contributed by atoms with Gasteiger partial charge in [0.15, 0.2) is 0 Å². The van der Waals surface area contributed by atoms with Gasteiger partial charge in [-0.1, -0.05) is 6.08 Å². The Kier molecular flexibility index (Phi) is 4.09. The van der Waals surface area contributed by atoms with Crippen LogP contribution in [-0.2, 0) is 0 Å². The van der Waals surface area contributed by atoms with Gasteiger partial charge in [0.05, 0.1) is 5.54 Å². The van der Waals surface area contributed by atoms with Crippen molar-refractivity contribution in [3.63, 3.8) is 0 Å². The van der Waals surface area contributed by atoms with Crippen LogP contribution >= 0.6 is 0 Å². The fourth-order valence-corrected chi connectivity index (χ4v) is 3.64. The summed E-state index contributed by atoms with van der Waals surface area (Å²) in [6.07, 6.45) is 9.78. The number of nitrogens with one attached hydrogen (secondary N) is 2. The van der Waals surface area contributed by atoms with E-state index in [1.807, 2.05) is 6.08 Å². The normalized spacial score (nSPS) is 34.8. The first-order chi connectivity index (χ1) is 9.48. The van der Waals surface area contributed by atoms with Gasteiger partial charge in [-0.25, -0.2) is 4.79 Å². The lowest BCUT2D eigenvalue weighted by Gasteiger charge is -2.49. The maximum absolute atomic E-state index is 11.4. The SMILES string of the molecule is C/C=C(\C=C/N)C1(N(C)C)CCC2(CC1)CNC(=O)N2. The van der Waals surface area contributed by atoms with Gasteiger partial charge >= 0.3 is 6.03 Å². The molecule has 0 atom stereocenters. The molecule has 1 aliphatic carbocycles. The monoisotopic (exact) mass is 278 g/mol. The number of allylic oxidation sites excluding steroid dienone is 1. The molecule has 5 nitrogen and oxygen atoms in total. The molecule has 0 aromatic carbocycles. The fourth-order valence-electron chi connectivity index (χ4n) is 3.64. The molecule has 20 heavy (non-hydrogen) atoms. The highest BCUT2D eigenvalue weighted by molar-refractivity contribution is 5.77. The average molecular weight is 278 g/mol. The van der Waals surface area contributed by atoms with Crippen LogP contribution in [0.3, 0.4) is 0 Å². The molecule has 4 N–H and O–H groups in total. The number of carbonyl (C=O) groups is 1. The van der Waals surface area contributed by atoms with E-state index in [2.05, 4.69) is 42.6 Å². The van der Waals surface area contributed by atoms with Crippen LogP contribution in [0.4, 0.5) is 4.79 Å². The number of nitrogens with zero attached hydrogens (tertiary/aromatic N) is 1. The third-order valence-corrected chi connectivity index (χ3v) is 4.98. The van der Waals surface area contributed by atoms with E-state index in [0.717, 1.165) is 32.2 Å². The van der Waals surface area contributed by atoms with Gasteiger partial charge in [0.25, 0.3) is 0 Å². The zero-order valence-electron chi connectivity index (χ0n) is 12.7. The van der Waals surface area contributed by atoms with Crippen LogP contribution in [0.2, 0.25) is 0 Å². The van der Waals surface area contributed by atoms with Crippen LogP contribution in [0.25, 0.3) is 0 Å². The van der Waals surface area contributed by atoms with Gasteiger partial charge in [-0.05, 0) is 64.6 Å². The Morgan fingerprint density at radius 2 is 1.95 bits per heavy atom. The summed E-state index contributed by atoms with van der Waals surface area (Å²) in [5.74, 6) is 0. The van der Waals surface area contributed by atoms with Crippen molar-refractivity contribution in [1.29, 1.82) is 0 Å². The molecule has 0 unspecified atom stereocenters. The summed E-state index contributed by atoms with van der Waals surface area (Å²) in [5, 5.41) is 6.00. The van der Waals surface area contributed by atoms with E-state index in [0.29, 0.717) is 0 Å². The highest BCUT2D eigenvalue weighted by Crippen LogP contribution is 2.43. The van der Waals surface area contributed by atoms with Gasteiger partial charge in [0.1, 0.15) is 0 Å². The van der Waals surface area contributed by atoms with Crippen LogP contribution < -0.4 is 16.4 Å². The number of hydrogen-bond donors (Lipinski definition) is 3. The number of nitrogens with two attached hydrogens (primary N) is 1. The van der Waals surface area contributed by atoms with Crippen molar-refractivity contribution < 1.29 is 4.79 Å². The Morgan fingerprint density at radius 1 is 1.30 bits per heavy atom. The average Bonchev–Trinajstić information content (AvgIpc) is 2.79. The molecular weight excluding hydrogens is 252 g/mol. The highest BCUT2D eigenvalue weighted by Gasteiger charge is 2.47. The quantitative estimate of drug-likeness (QED) is 0.682. The van der Waals surface area contributed by atoms with E-state index in [1.165, 1.54) is 5.57 Å². The molecule has 1 spiro atoms. The molecule has 2 fully saturated rings. The van der Waals surface area contributed by atoms with Gasteiger partial charge in [-0.3, -0.25) is 4.90 Å². The van der Waals surface area contributed by atoms with Crippen molar-refractivity contribution in [1.82, 2.24) is 15.5 Å². The molecule has 0 aromatic heterocycles. The first kappa shape index (κ1) is 14.9. The Bertz CT molecular complexity index is 431. The molecule has 5 heteroatoms. The smallest absolute Gasteiger partial charge is 0.315 e.